The standard InChI is InChI=1S/C15H21BrClNO2.C2H2O4/c1-10-6-13(16)15(14(17)7-10)19-5-4-18-8-11(2)20-12(3)9-18;3-1(4)2(5)6/h6-7,11-12H,4-5,8-9H2,1-3H3;(H,3,4)(H,5,6). The van der Waals surface area contributed by atoms with Gasteiger partial charge in [-0.2, -0.15) is 0 Å². The summed E-state index contributed by atoms with van der Waals surface area (Å²) in [6, 6.07) is 3.93. The monoisotopic (exact) mass is 451 g/mol. The lowest BCUT2D eigenvalue weighted by molar-refractivity contribution is -0.159. The molecule has 1 aromatic carbocycles. The minimum atomic E-state index is -1.82. The Morgan fingerprint density at radius 2 is 1.81 bits per heavy atom. The van der Waals surface area contributed by atoms with Crippen LogP contribution in [0.4, 0.5) is 0 Å². The molecule has 1 aromatic rings. The van der Waals surface area contributed by atoms with E-state index in [9.17, 15) is 0 Å². The highest BCUT2D eigenvalue weighted by molar-refractivity contribution is 9.10. The van der Waals surface area contributed by atoms with Gasteiger partial charge < -0.3 is 19.7 Å². The number of nitrogens with zero attached hydrogens (tertiary/aromatic N) is 1. The Balaban J connectivity index is 0.000000487. The van der Waals surface area contributed by atoms with E-state index in [2.05, 4.69) is 34.7 Å². The molecule has 1 aliphatic heterocycles. The summed E-state index contributed by atoms with van der Waals surface area (Å²) < 4.78 is 12.5. The molecule has 2 N–H and O–H groups in total. The van der Waals surface area contributed by atoms with E-state index in [0.29, 0.717) is 11.6 Å². The summed E-state index contributed by atoms with van der Waals surface area (Å²) in [6.07, 6.45) is 0.571. The Kier molecular flexibility index (Phi) is 9.35. The first kappa shape index (κ1) is 22.7. The molecule has 2 rings (SSSR count). The third-order valence-corrected chi connectivity index (χ3v) is 4.34. The van der Waals surface area contributed by atoms with Gasteiger partial charge in [-0.1, -0.05) is 11.6 Å². The van der Waals surface area contributed by atoms with Gasteiger partial charge >= 0.3 is 11.9 Å². The molecular weight excluding hydrogens is 430 g/mol. The van der Waals surface area contributed by atoms with Gasteiger partial charge in [-0.05, 0) is 54.4 Å². The molecule has 0 aromatic heterocycles. The van der Waals surface area contributed by atoms with Crippen LogP contribution in [0, 0.1) is 6.92 Å². The molecule has 0 amide bonds. The van der Waals surface area contributed by atoms with Gasteiger partial charge in [0.25, 0.3) is 0 Å². The van der Waals surface area contributed by atoms with E-state index in [-0.39, 0.29) is 12.2 Å². The maximum atomic E-state index is 9.10. The molecule has 0 aliphatic carbocycles. The number of morpholine rings is 1. The van der Waals surface area contributed by atoms with E-state index in [0.717, 1.165) is 35.4 Å². The Bertz CT molecular complexity index is 597. The quantitative estimate of drug-likeness (QED) is 0.678. The minimum Gasteiger partial charge on any atom is -0.490 e. The van der Waals surface area contributed by atoms with Gasteiger partial charge in [0, 0.05) is 19.6 Å². The first-order valence-electron chi connectivity index (χ1n) is 8.02. The highest BCUT2D eigenvalue weighted by Gasteiger charge is 2.21. The number of hydrogen-bond donors (Lipinski definition) is 2. The molecule has 0 radical (unpaired) electrons. The number of benzene rings is 1. The second kappa shape index (κ2) is 10.7. The number of aliphatic carboxylic acids is 2. The van der Waals surface area contributed by atoms with Crippen molar-refractivity contribution >= 4 is 39.5 Å². The molecule has 2 unspecified atom stereocenters. The van der Waals surface area contributed by atoms with Crippen molar-refractivity contribution in [2.45, 2.75) is 33.0 Å². The molecule has 0 bridgehead atoms. The number of carbonyl (C=O) groups is 2. The zero-order valence-electron chi connectivity index (χ0n) is 14.9. The average molecular weight is 453 g/mol. The van der Waals surface area contributed by atoms with Crippen molar-refractivity contribution in [1.29, 1.82) is 0 Å². The van der Waals surface area contributed by atoms with Crippen molar-refractivity contribution in [2.75, 3.05) is 26.2 Å². The normalized spacial score (nSPS) is 20.0. The zero-order valence-corrected chi connectivity index (χ0v) is 17.2. The summed E-state index contributed by atoms with van der Waals surface area (Å²) in [5.74, 6) is -2.92. The molecule has 1 fully saturated rings. The van der Waals surface area contributed by atoms with Gasteiger partial charge in [-0.25, -0.2) is 9.59 Å². The van der Waals surface area contributed by atoms with Gasteiger partial charge in [0.1, 0.15) is 6.61 Å². The summed E-state index contributed by atoms with van der Waals surface area (Å²) in [5, 5.41) is 15.4. The average Bonchev–Trinajstić information content (AvgIpc) is 2.49. The molecule has 7 nitrogen and oxygen atoms in total. The summed E-state index contributed by atoms with van der Waals surface area (Å²) in [5.41, 5.74) is 1.12. The van der Waals surface area contributed by atoms with Crippen LogP contribution in [0.2, 0.25) is 5.02 Å². The number of hydrogen-bond acceptors (Lipinski definition) is 5. The molecule has 2 atom stereocenters. The molecule has 1 aliphatic rings. The van der Waals surface area contributed by atoms with Gasteiger partial charge in [-0.3, -0.25) is 4.90 Å². The SMILES string of the molecule is Cc1cc(Cl)c(OCCN2CC(C)OC(C)C2)c(Br)c1.O=C(O)C(=O)O. The maximum Gasteiger partial charge on any atom is 0.414 e. The molecule has 0 spiro atoms. The van der Waals surface area contributed by atoms with Crippen LogP contribution in [0.3, 0.4) is 0 Å². The van der Waals surface area contributed by atoms with E-state index in [1.54, 1.807) is 0 Å². The third-order valence-electron chi connectivity index (χ3n) is 3.47. The van der Waals surface area contributed by atoms with Gasteiger partial charge in [0.15, 0.2) is 5.75 Å². The maximum absolute atomic E-state index is 9.10. The lowest BCUT2D eigenvalue weighted by Crippen LogP contribution is -2.46. The lowest BCUT2D eigenvalue weighted by atomic mass is 10.2. The number of carboxylic acid groups (broad SMARTS) is 2. The van der Waals surface area contributed by atoms with Crippen LogP contribution < -0.4 is 4.74 Å². The van der Waals surface area contributed by atoms with Crippen molar-refractivity contribution < 1.29 is 29.3 Å². The van der Waals surface area contributed by atoms with Crippen molar-refractivity contribution in [3.63, 3.8) is 0 Å². The number of halogens is 2. The Hall–Kier alpha value is -1.35. The third kappa shape index (κ3) is 7.90. The number of rotatable bonds is 4. The minimum absolute atomic E-state index is 0.286. The highest BCUT2D eigenvalue weighted by Crippen LogP contribution is 2.34. The fraction of sp³-hybridized carbons (Fsp3) is 0.529. The van der Waals surface area contributed by atoms with Gasteiger partial charge in [0.2, 0.25) is 0 Å². The Morgan fingerprint density at radius 1 is 1.27 bits per heavy atom. The second-order valence-corrected chi connectivity index (χ2v) is 7.29. The predicted molar refractivity (Wildman–Crippen MR) is 101 cm³/mol. The van der Waals surface area contributed by atoms with Crippen LogP contribution in [0.15, 0.2) is 16.6 Å². The molecule has 26 heavy (non-hydrogen) atoms. The topological polar surface area (TPSA) is 96.3 Å². The summed E-state index contributed by atoms with van der Waals surface area (Å²) >= 11 is 9.71. The number of carboxylic acids is 2. The van der Waals surface area contributed by atoms with Gasteiger partial charge in [0.05, 0.1) is 21.7 Å². The molecule has 1 saturated heterocycles. The van der Waals surface area contributed by atoms with E-state index in [1.165, 1.54) is 0 Å². The largest absolute Gasteiger partial charge is 0.490 e. The molecular formula is C17H23BrClNO6. The van der Waals surface area contributed by atoms with Crippen LogP contribution in [-0.4, -0.2) is 65.5 Å². The van der Waals surface area contributed by atoms with Crippen LogP contribution >= 0.6 is 27.5 Å². The fourth-order valence-electron chi connectivity index (χ4n) is 2.57. The predicted octanol–water partition coefficient (Wildman–Crippen LogP) is 3.05. The summed E-state index contributed by atoms with van der Waals surface area (Å²) in [4.78, 5) is 20.6. The van der Waals surface area contributed by atoms with Crippen LogP contribution in [0.1, 0.15) is 19.4 Å². The van der Waals surface area contributed by atoms with Crippen LogP contribution in [-0.2, 0) is 14.3 Å². The van der Waals surface area contributed by atoms with E-state index >= 15 is 0 Å². The van der Waals surface area contributed by atoms with Gasteiger partial charge in [-0.15, -0.1) is 0 Å². The Labute approximate surface area is 166 Å². The molecule has 146 valence electrons. The van der Waals surface area contributed by atoms with Crippen LogP contribution in [0.5, 0.6) is 5.75 Å². The van der Waals surface area contributed by atoms with Crippen molar-refractivity contribution in [3.8, 4) is 5.75 Å². The summed E-state index contributed by atoms with van der Waals surface area (Å²) in [7, 11) is 0. The van der Waals surface area contributed by atoms with Crippen LogP contribution in [0.25, 0.3) is 0 Å². The van der Waals surface area contributed by atoms with E-state index < -0.39 is 11.9 Å². The highest BCUT2D eigenvalue weighted by atomic mass is 79.9. The number of aryl methyl sites for hydroxylation is 1. The first-order valence-corrected chi connectivity index (χ1v) is 9.19. The van der Waals surface area contributed by atoms with Crippen molar-refractivity contribution in [3.05, 3.63) is 27.2 Å². The molecule has 9 heteroatoms. The second-order valence-electron chi connectivity index (χ2n) is 6.03. The lowest BCUT2D eigenvalue weighted by Gasteiger charge is -2.35. The van der Waals surface area contributed by atoms with Crippen molar-refractivity contribution in [2.24, 2.45) is 0 Å². The molecule has 1 heterocycles. The molecule has 0 saturated carbocycles. The zero-order chi connectivity index (χ0) is 19.9. The number of ether oxygens (including phenoxy) is 2. The Morgan fingerprint density at radius 3 is 2.27 bits per heavy atom. The van der Waals surface area contributed by atoms with E-state index in [1.807, 2.05) is 19.1 Å². The van der Waals surface area contributed by atoms with E-state index in [4.69, 9.17) is 40.9 Å². The van der Waals surface area contributed by atoms with Crippen molar-refractivity contribution in [1.82, 2.24) is 4.90 Å². The summed E-state index contributed by atoms with van der Waals surface area (Å²) in [6.45, 7) is 9.65. The smallest absolute Gasteiger partial charge is 0.414 e. The first-order chi connectivity index (χ1) is 12.1. The fourth-order valence-corrected chi connectivity index (χ4v) is 3.70.